The lowest BCUT2D eigenvalue weighted by atomic mass is 9.90. The minimum absolute atomic E-state index is 0.0630. The van der Waals surface area contributed by atoms with Crippen molar-refractivity contribution in [2.45, 2.75) is 51.4 Å². The van der Waals surface area contributed by atoms with E-state index in [1.165, 1.54) is 30.4 Å². The maximum absolute atomic E-state index is 10.8. The molecule has 0 aromatic carbocycles. The van der Waals surface area contributed by atoms with Gasteiger partial charge in [-0.3, -0.25) is 9.78 Å². The first-order valence-corrected chi connectivity index (χ1v) is 6.36. The van der Waals surface area contributed by atoms with Crippen molar-refractivity contribution < 1.29 is 9.90 Å². The van der Waals surface area contributed by atoms with Crippen LogP contribution in [0, 0.1) is 0 Å². The zero-order valence-corrected chi connectivity index (χ0v) is 10.3. The first kappa shape index (κ1) is 12.1. The maximum Gasteiger partial charge on any atom is 0.303 e. The molecule has 2 rings (SSSR count). The normalized spacial score (nSPS) is 17.0. The van der Waals surface area contributed by atoms with Gasteiger partial charge in [0.1, 0.15) is 0 Å². The summed E-state index contributed by atoms with van der Waals surface area (Å²) in [5.41, 5.74) is 3.84. The Morgan fingerprint density at radius 2 is 2.12 bits per heavy atom. The standard InChI is InChI=1S/C14H19NO2/c1-10(7-14(16)17)13-9-15-8-11-5-3-2-4-6-12(11)13/h8-10H,2-7H2,1H3,(H,16,17). The van der Waals surface area contributed by atoms with E-state index in [4.69, 9.17) is 5.11 Å². The molecule has 1 heterocycles. The number of aryl methyl sites for hydroxylation is 1. The topological polar surface area (TPSA) is 50.2 Å². The molecule has 1 aromatic rings. The second-order valence-electron chi connectivity index (χ2n) is 4.93. The number of hydrogen-bond donors (Lipinski definition) is 1. The molecule has 1 N–H and O–H groups in total. The number of carboxylic acid groups (broad SMARTS) is 1. The van der Waals surface area contributed by atoms with Gasteiger partial charge in [-0.05, 0) is 48.3 Å². The molecule has 1 aliphatic carbocycles. The fourth-order valence-electron chi connectivity index (χ4n) is 2.66. The van der Waals surface area contributed by atoms with E-state index >= 15 is 0 Å². The average Bonchev–Trinajstić information content (AvgIpc) is 2.52. The molecule has 0 saturated heterocycles. The Balaban J connectivity index is 2.30. The Kier molecular flexibility index (Phi) is 3.77. The van der Waals surface area contributed by atoms with E-state index in [1.807, 2.05) is 19.3 Å². The third-order valence-corrected chi connectivity index (χ3v) is 3.56. The van der Waals surface area contributed by atoms with Crippen LogP contribution >= 0.6 is 0 Å². The van der Waals surface area contributed by atoms with Crippen molar-refractivity contribution in [3.8, 4) is 0 Å². The van der Waals surface area contributed by atoms with Crippen LogP contribution in [0.2, 0.25) is 0 Å². The van der Waals surface area contributed by atoms with Gasteiger partial charge in [-0.15, -0.1) is 0 Å². The number of carbonyl (C=O) groups is 1. The van der Waals surface area contributed by atoms with Crippen molar-refractivity contribution >= 4 is 5.97 Å². The number of rotatable bonds is 3. The van der Waals surface area contributed by atoms with Crippen LogP contribution in [0.3, 0.4) is 0 Å². The highest BCUT2D eigenvalue weighted by molar-refractivity contribution is 5.68. The molecular weight excluding hydrogens is 214 g/mol. The fraction of sp³-hybridized carbons (Fsp3) is 0.571. The Morgan fingerprint density at radius 1 is 1.35 bits per heavy atom. The number of carboxylic acids is 1. The van der Waals surface area contributed by atoms with Gasteiger partial charge in [0.2, 0.25) is 0 Å². The minimum atomic E-state index is -0.733. The highest BCUT2D eigenvalue weighted by Crippen LogP contribution is 2.29. The number of nitrogens with zero attached hydrogens (tertiary/aromatic N) is 1. The van der Waals surface area contributed by atoms with E-state index in [0.717, 1.165) is 18.4 Å². The lowest BCUT2D eigenvalue weighted by Crippen LogP contribution is -2.08. The zero-order valence-electron chi connectivity index (χ0n) is 10.3. The van der Waals surface area contributed by atoms with Crippen molar-refractivity contribution in [1.29, 1.82) is 0 Å². The molecule has 0 aliphatic heterocycles. The van der Waals surface area contributed by atoms with Crippen LogP contribution in [-0.4, -0.2) is 16.1 Å². The molecule has 17 heavy (non-hydrogen) atoms. The van der Waals surface area contributed by atoms with Crippen LogP contribution in [0.5, 0.6) is 0 Å². The van der Waals surface area contributed by atoms with Crippen LogP contribution in [0.1, 0.15) is 55.2 Å². The highest BCUT2D eigenvalue weighted by atomic mass is 16.4. The van der Waals surface area contributed by atoms with Crippen LogP contribution < -0.4 is 0 Å². The number of fused-ring (bicyclic) bond motifs is 1. The molecular formula is C14H19NO2. The third kappa shape index (κ3) is 2.84. The van der Waals surface area contributed by atoms with E-state index in [1.54, 1.807) is 0 Å². The second kappa shape index (κ2) is 5.30. The second-order valence-corrected chi connectivity index (χ2v) is 4.93. The largest absolute Gasteiger partial charge is 0.481 e. The molecule has 1 unspecified atom stereocenters. The van der Waals surface area contributed by atoms with Gasteiger partial charge in [-0.2, -0.15) is 0 Å². The van der Waals surface area contributed by atoms with Gasteiger partial charge in [0.15, 0.2) is 0 Å². The first-order valence-electron chi connectivity index (χ1n) is 6.36. The highest BCUT2D eigenvalue weighted by Gasteiger charge is 2.18. The van der Waals surface area contributed by atoms with Crippen LogP contribution in [-0.2, 0) is 17.6 Å². The molecule has 1 atom stereocenters. The summed E-state index contributed by atoms with van der Waals surface area (Å²) in [6, 6.07) is 0. The minimum Gasteiger partial charge on any atom is -0.481 e. The fourth-order valence-corrected chi connectivity index (χ4v) is 2.66. The molecule has 92 valence electrons. The smallest absolute Gasteiger partial charge is 0.303 e. The number of aliphatic carboxylic acids is 1. The van der Waals surface area contributed by atoms with Crippen molar-refractivity contribution in [2.24, 2.45) is 0 Å². The van der Waals surface area contributed by atoms with Crippen molar-refractivity contribution in [2.75, 3.05) is 0 Å². The SMILES string of the molecule is CC(CC(=O)O)c1cncc2c1CCCCC2. The summed E-state index contributed by atoms with van der Waals surface area (Å²) >= 11 is 0. The van der Waals surface area contributed by atoms with Gasteiger partial charge >= 0.3 is 5.97 Å². The van der Waals surface area contributed by atoms with Crippen molar-refractivity contribution in [3.05, 3.63) is 29.1 Å². The Hall–Kier alpha value is -1.38. The van der Waals surface area contributed by atoms with Crippen LogP contribution in [0.25, 0.3) is 0 Å². The van der Waals surface area contributed by atoms with Gasteiger partial charge in [-0.1, -0.05) is 13.3 Å². The average molecular weight is 233 g/mol. The van der Waals surface area contributed by atoms with E-state index in [9.17, 15) is 4.79 Å². The molecule has 0 radical (unpaired) electrons. The molecule has 3 heteroatoms. The van der Waals surface area contributed by atoms with E-state index in [2.05, 4.69) is 4.98 Å². The maximum atomic E-state index is 10.8. The predicted octanol–water partition coefficient (Wildman–Crippen LogP) is 2.93. The summed E-state index contributed by atoms with van der Waals surface area (Å²) in [6.07, 6.45) is 9.89. The molecule has 1 aromatic heterocycles. The Morgan fingerprint density at radius 3 is 2.88 bits per heavy atom. The Labute approximate surface area is 102 Å². The zero-order chi connectivity index (χ0) is 12.3. The van der Waals surface area contributed by atoms with Gasteiger partial charge in [-0.25, -0.2) is 0 Å². The molecule has 0 bridgehead atoms. The summed E-state index contributed by atoms with van der Waals surface area (Å²) < 4.78 is 0. The van der Waals surface area contributed by atoms with Gasteiger partial charge < -0.3 is 5.11 Å². The van der Waals surface area contributed by atoms with Crippen LogP contribution in [0.15, 0.2) is 12.4 Å². The monoisotopic (exact) mass is 233 g/mol. The molecule has 0 fully saturated rings. The molecule has 0 spiro atoms. The van der Waals surface area contributed by atoms with Gasteiger partial charge in [0.25, 0.3) is 0 Å². The first-order chi connectivity index (χ1) is 8.18. The number of aromatic nitrogens is 1. The summed E-state index contributed by atoms with van der Waals surface area (Å²) in [5, 5.41) is 8.88. The molecule has 0 amide bonds. The third-order valence-electron chi connectivity index (χ3n) is 3.56. The lowest BCUT2D eigenvalue weighted by molar-refractivity contribution is -0.137. The summed E-state index contributed by atoms with van der Waals surface area (Å²) in [7, 11) is 0. The van der Waals surface area contributed by atoms with E-state index in [0.29, 0.717) is 0 Å². The quantitative estimate of drug-likeness (QED) is 0.817. The van der Waals surface area contributed by atoms with E-state index in [-0.39, 0.29) is 12.3 Å². The van der Waals surface area contributed by atoms with Gasteiger partial charge in [0.05, 0.1) is 6.42 Å². The van der Waals surface area contributed by atoms with Crippen LogP contribution in [0.4, 0.5) is 0 Å². The van der Waals surface area contributed by atoms with Gasteiger partial charge in [0, 0.05) is 12.4 Å². The summed E-state index contributed by atoms with van der Waals surface area (Å²) in [4.78, 5) is 15.1. The summed E-state index contributed by atoms with van der Waals surface area (Å²) in [5.74, 6) is -0.670. The predicted molar refractivity (Wildman–Crippen MR) is 66.2 cm³/mol. The molecule has 1 aliphatic rings. The summed E-state index contributed by atoms with van der Waals surface area (Å²) in [6.45, 7) is 1.98. The van der Waals surface area contributed by atoms with E-state index < -0.39 is 5.97 Å². The molecule has 0 saturated carbocycles. The van der Waals surface area contributed by atoms with Crippen molar-refractivity contribution in [3.63, 3.8) is 0 Å². The molecule has 3 nitrogen and oxygen atoms in total. The number of hydrogen-bond acceptors (Lipinski definition) is 2. The lowest BCUT2D eigenvalue weighted by Gasteiger charge is -2.16. The number of pyridine rings is 1. The Bertz CT molecular complexity index is 415. The van der Waals surface area contributed by atoms with Crippen molar-refractivity contribution in [1.82, 2.24) is 4.98 Å².